The molecule has 0 spiro atoms. The summed E-state index contributed by atoms with van der Waals surface area (Å²) >= 11 is 0. The van der Waals surface area contributed by atoms with Crippen LogP contribution in [0.25, 0.3) is 10.9 Å². The molecule has 3 N–H and O–H groups in total. The molecule has 0 saturated carbocycles. The lowest BCUT2D eigenvalue weighted by atomic mass is 10.1. The first kappa shape index (κ1) is 19.2. The fourth-order valence-corrected chi connectivity index (χ4v) is 3.07. The van der Waals surface area contributed by atoms with Gasteiger partial charge in [-0.1, -0.05) is 24.3 Å². The van der Waals surface area contributed by atoms with Crippen molar-refractivity contribution < 1.29 is 9.47 Å². The Kier molecular flexibility index (Phi) is 5.42. The molecule has 0 unspecified atom stereocenters. The minimum atomic E-state index is -0.343. The summed E-state index contributed by atoms with van der Waals surface area (Å²) in [6.45, 7) is 0. The highest BCUT2D eigenvalue weighted by Gasteiger charge is 2.09. The van der Waals surface area contributed by atoms with Crippen LogP contribution in [0.2, 0.25) is 0 Å². The average Bonchev–Trinajstić information content (AvgIpc) is 3.18. The number of hydrazone groups is 1. The van der Waals surface area contributed by atoms with Crippen LogP contribution in [0.15, 0.2) is 58.6 Å². The van der Waals surface area contributed by atoms with E-state index >= 15 is 0 Å². The van der Waals surface area contributed by atoms with Crippen molar-refractivity contribution in [2.24, 2.45) is 5.10 Å². The van der Waals surface area contributed by atoms with Crippen molar-refractivity contribution in [1.29, 1.82) is 0 Å². The fourth-order valence-electron chi connectivity index (χ4n) is 3.07. The molecule has 0 radical (unpaired) electrons. The number of benzene rings is 2. The van der Waals surface area contributed by atoms with E-state index in [0.29, 0.717) is 17.9 Å². The fraction of sp³-hybridized carbons (Fsp3) is 0.143. The number of methoxy groups -OCH3 is 2. The maximum absolute atomic E-state index is 12.4. The molecule has 0 aliphatic carbocycles. The van der Waals surface area contributed by atoms with Crippen molar-refractivity contribution in [3.05, 3.63) is 75.8 Å². The first-order chi connectivity index (χ1) is 14.7. The third-order valence-electron chi connectivity index (χ3n) is 4.58. The molecule has 4 rings (SSSR count). The van der Waals surface area contributed by atoms with Gasteiger partial charge in [0.1, 0.15) is 5.69 Å². The SMILES string of the molecule is COc1ccc(Cc2nnc(N/N=C/c3c[nH]c4ccccc34)[nH]c2=O)cc1OC. The number of aromatic nitrogens is 4. The monoisotopic (exact) mass is 404 g/mol. The van der Waals surface area contributed by atoms with E-state index in [2.05, 4.69) is 30.7 Å². The zero-order chi connectivity index (χ0) is 20.9. The minimum Gasteiger partial charge on any atom is -0.493 e. The number of H-pyrrole nitrogens is 2. The van der Waals surface area contributed by atoms with Gasteiger partial charge in [0.2, 0.25) is 5.95 Å². The molecule has 4 aromatic rings. The van der Waals surface area contributed by atoms with Crippen molar-refractivity contribution in [3.8, 4) is 11.5 Å². The lowest BCUT2D eigenvalue weighted by Gasteiger charge is -2.09. The van der Waals surface area contributed by atoms with Crippen LogP contribution in [0.1, 0.15) is 16.8 Å². The van der Waals surface area contributed by atoms with Gasteiger partial charge in [0.15, 0.2) is 11.5 Å². The second-order valence-corrected chi connectivity index (χ2v) is 6.48. The van der Waals surface area contributed by atoms with E-state index in [1.54, 1.807) is 32.6 Å². The van der Waals surface area contributed by atoms with Gasteiger partial charge in [-0.05, 0) is 23.8 Å². The smallest absolute Gasteiger partial charge is 0.274 e. The zero-order valence-electron chi connectivity index (χ0n) is 16.5. The highest BCUT2D eigenvalue weighted by atomic mass is 16.5. The lowest BCUT2D eigenvalue weighted by Crippen LogP contribution is -2.18. The summed E-state index contributed by atoms with van der Waals surface area (Å²) in [6.07, 6.45) is 3.81. The van der Waals surface area contributed by atoms with E-state index in [4.69, 9.17) is 9.47 Å². The highest BCUT2D eigenvalue weighted by molar-refractivity contribution is 5.99. The predicted molar refractivity (Wildman–Crippen MR) is 115 cm³/mol. The maximum atomic E-state index is 12.4. The lowest BCUT2D eigenvalue weighted by molar-refractivity contribution is 0.354. The van der Waals surface area contributed by atoms with Crippen molar-refractivity contribution in [1.82, 2.24) is 20.2 Å². The summed E-state index contributed by atoms with van der Waals surface area (Å²) in [5.74, 6) is 1.37. The van der Waals surface area contributed by atoms with Crippen molar-refractivity contribution in [3.63, 3.8) is 0 Å². The largest absolute Gasteiger partial charge is 0.493 e. The first-order valence-electron chi connectivity index (χ1n) is 9.20. The first-order valence-corrected chi connectivity index (χ1v) is 9.20. The second-order valence-electron chi connectivity index (χ2n) is 6.48. The van der Waals surface area contributed by atoms with E-state index in [0.717, 1.165) is 22.0 Å². The molecular formula is C21H20N6O3. The van der Waals surface area contributed by atoms with Gasteiger partial charge < -0.3 is 14.5 Å². The van der Waals surface area contributed by atoms with Gasteiger partial charge in [0, 0.05) is 29.1 Å². The molecule has 152 valence electrons. The van der Waals surface area contributed by atoms with Gasteiger partial charge in [-0.2, -0.15) is 5.10 Å². The topological polar surface area (TPSA) is 117 Å². The molecule has 0 bridgehead atoms. The third-order valence-corrected chi connectivity index (χ3v) is 4.58. The quantitative estimate of drug-likeness (QED) is 0.322. The van der Waals surface area contributed by atoms with Gasteiger partial charge in [-0.25, -0.2) is 5.43 Å². The number of hydrogen-bond donors (Lipinski definition) is 3. The van der Waals surface area contributed by atoms with E-state index in [1.165, 1.54) is 0 Å². The molecule has 0 aliphatic heterocycles. The molecule has 9 nitrogen and oxygen atoms in total. The Hall–Kier alpha value is -4.14. The summed E-state index contributed by atoms with van der Waals surface area (Å²) in [7, 11) is 3.13. The summed E-state index contributed by atoms with van der Waals surface area (Å²) in [6, 6.07) is 13.3. The number of anilines is 1. The molecule has 2 aromatic heterocycles. The number of ether oxygens (including phenoxy) is 2. The Morgan fingerprint density at radius 1 is 1.10 bits per heavy atom. The Balaban J connectivity index is 1.46. The van der Waals surface area contributed by atoms with Gasteiger partial charge in [0.25, 0.3) is 5.56 Å². The number of hydrogen-bond acceptors (Lipinski definition) is 7. The molecule has 2 aromatic carbocycles. The summed E-state index contributed by atoms with van der Waals surface area (Å²) in [5.41, 5.74) is 5.43. The van der Waals surface area contributed by atoms with Crippen LogP contribution in [-0.2, 0) is 6.42 Å². The van der Waals surface area contributed by atoms with Crippen molar-refractivity contribution in [2.75, 3.05) is 19.6 Å². The summed E-state index contributed by atoms with van der Waals surface area (Å²) in [5, 5.41) is 13.2. The molecular weight excluding hydrogens is 384 g/mol. The number of nitrogens with one attached hydrogen (secondary N) is 3. The van der Waals surface area contributed by atoms with Crippen LogP contribution in [0.5, 0.6) is 11.5 Å². The van der Waals surface area contributed by atoms with E-state index in [1.807, 2.05) is 36.5 Å². The molecule has 30 heavy (non-hydrogen) atoms. The number of aromatic amines is 2. The highest BCUT2D eigenvalue weighted by Crippen LogP contribution is 2.28. The van der Waals surface area contributed by atoms with E-state index in [9.17, 15) is 4.79 Å². The maximum Gasteiger partial charge on any atom is 0.274 e. The van der Waals surface area contributed by atoms with Crippen molar-refractivity contribution in [2.45, 2.75) is 6.42 Å². The van der Waals surface area contributed by atoms with Crippen LogP contribution in [0.3, 0.4) is 0 Å². The van der Waals surface area contributed by atoms with Crippen LogP contribution in [-0.4, -0.2) is 40.6 Å². The molecule has 2 heterocycles. The molecule has 0 fully saturated rings. The van der Waals surface area contributed by atoms with Crippen molar-refractivity contribution >= 4 is 23.1 Å². The standard InChI is InChI=1S/C21H20N6O3/c1-29-18-8-7-13(10-19(18)30-2)9-17-20(28)24-21(27-25-17)26-23-12-14-11-22-16-6-4-3-5-15(14)16/h3-8,10-12,22H,9H2,1-2H3,(H2,24,26,27,28)/b23-12+. The van der Waals surface area contributed by atoms with Gasteiger partial charge in [-0.15, -0.1) is 10.2 Å². The third kappa shape index (κ3) is 4.00. The second kappa shape index (κ2) is 8.48. The Labute approximate surface area is 171 Å². The minimum absolute atomic E-state index is 0.159. The summed E-state index contributed by atoms with van der Waals surface area (Å²) in [4.78, 5) is 18.2. The van der Waals surface area contributed by atoms with Gasteiger partial charge in [-0.3, -0.25) is 9.78 Å². The van der Waals surface area contributed by atoms with E-state index < -0.39 is 0 Å². The number of nitrogens with zero attached hydrogens (tertiary/aromatic N) is 3. The molecule has 9 heteroatoms. The Bertz CT molecular complexity index is 1260. The number of rotatable bonds is 7. The van der Waals surface area contributed by atoms with Gasteiger partial charge in [0.05, 0.1) is 20.4 Å². The van der Waals surface area contributed by atoms with Crippen LogP contribution in [0.4, 0.5) is 5.95 Å². The van der Waals surface area contributed by atoms with Crippen LogP contribution in [0, 0.1) is 0 Å². The normalized spacial score (nSPS) is 11.1. The molecule has 0 atom stereocenters. The summed E-state index contributed by atoms with van der Waals surface area (Å²) < 4.78 is 10.5. The van der Waals surface area contributed by atoms with Crippen LogP contribution < -0.4 is 20.5 Å². The molecule has 0 amide bonds. The molecule has 0 saturated heterocycles. The van der Waals surface area contributed by atoms with Crippen LogP contribution >= 0.6 is 0 Å². The van der Waals surface area contributed by atoms with E-state index in [-0.39, 0.29) is 17.2 Å². The number of fused-ring (bicyclic) bond motifs is 1. The Morgan fingerprint density at radius 2 is 1.93 bits per heavy atom. The average molecular weight is 404 g/mol. The Morgan fingerprint density at radius 3 is 2.73 bits per heavy atom. The molecule has 0 aliphatic rings. The zero-order valence-corrected chi connectivity index (χ0v) is 16.5. The van der Waals surface area contributed by atoms with Gasteiger partial charge >= 0.3 is 0 Å². The predicted octanol–water partition coefficient (Wildman–Crippen LogP) is 2.70. The number of para-hydroxylation sites is 1.